The summed E-state index contributed by atoms with van der Waals surface area (Å²) in [4.78, 5) is 13.4. The van der Waals surface area contributed by atoms with Crippen molar-refractivity contribution in [3.05, 3.63) is 59.7 Å². The van der Waals surface area contributed by atoms with Crippen LogP contribution >= 0.6 is 0 Å². The van der Waals surface area contributed by atoms with Gasteiger partial charge in [0.2, 0.25) is 0 Å². The summed E-state index contributed by atoms with van der Waals surface area (Å²) in [5, 5.41) is 10.4. The van der Waals surface area contributed by atoms with E-state index in [1.165, 1.54) is 24.1 Å². The van der Waals surface area contributed by atoms with Gasteiger partial charge in [-0.05, 0) is 69.0 Å². The number of unbranched alkanes of at least 4 members (excludes halogenated alkanes) is 2. The zero-order chi connectivity index (χ0) is 24.6. The number of aliphatic hydroxyl groups excluding tert-OH is 1. The lowest BCUT2D eigenvalue weighted by Crippen LogP contribution is -2.36. The summed E-state index contributed by atoms with van der Waals surface area (Å²) >= 11 is 0. The van der Waals surface area contributed by atoms with Crippen LogP contribution in [0.3, 0.4) is 0 Å². The fraction of sp³-hybridized carbons (Fsp3) is 0.480. The minimum atomic E-state index is -3.97. The molecular weight excluding hydrogens is 442 g/mol. The van der Waals surface area contributed by atoms with E-state index in [4.69, 9.17) is 8.92 Å². The van der Waals surface area contributed by atoms with Crippen molar-refractivity contribution in [3.63, 3.8) is 0 Å². The van der Waals surface area contributed by atoms with E-state index in [0.29, 0.717) is 5.56 Å². The smallest absolute Gasteiger partial charge is 0.410 e. The van der Waals surface area contributed by atoms with Gasteiger partial charge in [-0.2, -0.15) is 8.42 Å². The van der Waals surface area contributed by atoms with Gasteiger partial charge in [0.25, 0.3) is 0 Å². The van der Waals surface area contributed by atoms with Crippen LogP contribution in [-0.4, -0.2) is 43.7 Å². The first-order chi connectivity index (χ1) is 15.4. The summed E-state index contributed by atoms with van der Waals surface area (Å²) in [6, 6.07) is 12.8. The number of amides is 1. The molecule has 1 N–H and O–H groups in total. The highest BCUT2D eigenvalue weighted by molar-refractivity contribution is 7.87. The number of rotatable bonds is 10. The predicted octanol–water partition coefficient (Wildman–Crippen LogP) is 5.09. The van der Waals surface area contributed by atoms with Gasteiger partial charge in [0, 0.05) is 7.05 Å². The Labute approximate surface area is 197 Å². The average Bonchev–Trinajstić information content (AvgIpc) is 2.73. The summed E-state index contributed by atoms with van der Waals surface area (Å²) in [5.41, 5.74) is 0.986. The fourth-order valence-electron chi connectivity index (χ4n) is 3.10. The number of carbonyl (C=O) groups is 1. The van der Waals surface area contributed by atoms with Crippen molar-refractivity contribution in [1.82, 2.24) is 4.90 Å². The Morgan fingerprint density at radius 3 is 2.18 bits per heavy atom. The zero-order valence-corrected chi connectivity index (χ0v) is 20.9. The van der Waals surface area contributed by atoms with Crippen LogP contribution in [0.15, 0.2) is 53.4 Å². The molecule has 2 aromatic rings. The summed E-state index contributed by atoms with van der Waals surface area (Å²) in [7, 11) is -2.43. The average molecular weight is 478 g/mol. The summed E-state index contributed by atoms with van der Waals surface area (Å²) in [6.45, 7) is 7.47. The maximum atomic E-state index is 12.6. The van der Waals surface area contributed by atoms with Crippen LogP contribution in [0.1, 0.15) is 64.2 Å². The number of nitrogens with zero attached hydrogens (tertiary/aromatic N) is 1. The molecule has 0 radical (unpaired) electrons. The third-order valence-corrected chi connectivity index (χ3v) is 6.17. The van der Waals surface area contributed by atoms with E-state index in [9.17, 15) is 18.3 Å². The van der Waals surface area contributed by atoms with Gasteiger partial charge in [0.1, 0.15) is 16.2 Å². The Balaban J connectivity index is 1.98. The van der Waals surface area contributed by atoms with Gasteiger partial charge >= 0.3 is 16.2 Å². The number of benzene rings is 2. The first-order valence-electron chi connectivity index (χ1n) is 11.2. The number of aliphatic hydroxyl groups is 1. The van der Waals surface area contributed by atoms with E-state index in [-0.39, 0.29) is 17.2 Å². The molecule has 0 aliphatic carbocycles. The third kappa shape index (κ3) is 8.70. The second kappa shape index (κ2) is 11.5. The lowest BCUT2D eigenvalue weighted by molar-refractivity contribution is 0.0205. The molecule has 0 fully saturated rings. The third-order valence-electron chi connectivity index (χ3n) is 4.90. The van der Waals surface area contributed by atoms with Gasteiger partial charge < -0.3 is 18.9 Å². The Kier molecular flexibility index (Phi) is 9.31. The highest BCUT2D eigenvalue weighted by Crippen LogP contribution is 2.23. The normalized spacial score (nSPS) is 12.8. The maximum absolute atomic E-state index is 12.6. The Morgan fingerprint density at radius 1 is 1.03 bits per heavy atom. The quantitative estimate of drug-likeness (QED) is 0.379. The molecule has 2 rings (SSSR count). The molecule has 0 aliphatic heterocycles. The van der Waals surface area contributed by atoms with E-state index in [1.807, 2.05) is 12.1 Å². The molecule has 33 heavy (non-hydrogen) atoms. The van der Waals surface area contributed by atoms with Crippen molar-refractivity contribution in [2.45, 2.75) is 70.0 Å². The van der Waals surface area contributed by atoms with Crippen LogP contribution in [0.4, 0.5) is 4.79 Å². The van der Waals surface area contributed by atoms with Crippen LogP contribution in [0, 0.1) is 0 Å². The van der Waals surface area contributed by atoms with Gasteiger partial charge in [0.15, 0.2) is 0 Å². The van der Waals surface area contributed by atoms with Crippen molar-refractivity contribution in [2.24, 2.45) is 0 Å². The fourth-order valence-corrected chi connectivity index (χ4v) is 4.03. The molecule has 0 heterocycles. The van der Waals surface area contributed by atoms with E-state index in [2.05, 4.69) is 6.92 Å². The highest BCUT2D eigenvalue weighted by Gasteiger charge is 2.22. The van der Waals surface area contributed by atoms with Gasteiger partial charge in [-0.15, -0.1) is 0 Å². The number of carbonyl (C=O) groups excluding carboxylic acids is 1. The van der Waals surface area contributed by atoms with Gasteiger partial charge in [-0.1, -0.05) is 44.0 Å². The molecule has 2 aromatic carbocycles. The largest absolute Gasteiger partial charge is 0.444 e. The molecule has 0 bridgehead atoms. The van der Waals surface area contributed by atoms with E-state index in [0.717, 1.165) is 31.2 Å². The van der Waals surface area contributed by atoms with Gasteiger partial charge in [0.05, 0.1) is 12.6 Å². The predicted molar refractivity (Wildman–Crippen MR) is 128 cm³/mol. The number of hydrogen-bond donors (Lipinski definition) is 1. The van der Waals surface area contributed by atoms with E-state index >= 15 is 0 Å². The first-order valence-corrected chi connectivity index (χ1v) is 12.6. The van der Waals surface area contributed by atoms with Crippen molar-refractivity contribution >= 4 is 16.2 Å². The number of hydrogen-bond acceptors (Lipinski definition) is 6. The topological polar surface area (TPSA) is 93.1 Å². The van der Waals surface area contributed by atoms with Crippen LogP contribution < -0.4 is 4.18 Å². The molecule has 0 spiro atoms. The van der Waals surface area contributed by atoms with Crippen LogP contribution in [0.2, 0.25) is 0 Å². The Hall–Kier alpha value is -2.58. The van der Waals surface area contributed by atoms with Gasteiger partial charge in [-0.3, -0.25) is 0 Å². The molecule has 0 aliphatic rings. The summed E-state index contributed by atoms with van der Waals surface area (Å²) < 4.78 is 35.7. The Morgan fingerprint density at radius 2 is 1.64 bits per heavy atom. The van der Waals surface area contributed by atoms with Crippen molar-refractivity contribution < 1.29 is 27.2 Å². The van der Waals surface area contributed by atoms with Crippen LogP contribution in [-0.2, 0) is 21.3 Å². The summed E-state index contributed by atoms with van der Waals surface area (Å²) in [5.74, 6) is 0.137. The minimum Gasteiger partial charge on any atom is -0.444 e. The zero-order valence-electron chi connectivity index (χ0n) is 20.1. The van der Waals surface area contributed by atoms with Crippen molar-refractivity contribution in [2.75, 3.05) is 13.6 Å². The van der Waals surface area contributed by atoms with Crippen LogP contribution in [0.25, 0.3) is 0 Å². The molecule has 0 saturated carbocycles. The number of ether oxygens (including phenoxy) is 1. The first kappa shape index (κ1) is 26.7. The van der Waals surface area contributed by atoms with E-state index in [1.54, 1.807) is 45.0 Å². The summed E-state index contributed by atoms with van der Waals surface area (Å²) in [6.07, 6.45) is 2.77. The minimum absolute atomic E-state index is 0.0258. The Bertz CT molecular complexity index is 995. The standard InChI is InChI=1S/C25H35NO6S/c1-6-7-8-9-19-10-16-22(17-11-19)33(29,30)32-21-14-12-20(13-15-21)23(27)18-26(5)24(28)31-25(2,3)4/h10-17,23,27H,6-9,18H2,1-5H3. The molecule has 1 atom stereocenters. The maximum Gasteiger partial charge on any atom is 0.410 e. The second-order valence-electron chi connectivity index (χ2n) is 9.08. The molecule has 0 saturated heterocycles. The molecule has 1 unspecified atom stereocenters. The molecule has 8 heteroatoms. The second-order valence-corrected chi connectivity index (χ2v) is 10.6. The molecular formula is C25H35NO6S. The molecule has 7 nitrogen and oxygen atoms in total. The molecule has 0 aromatic heterocycles. The molecule has 1 amide bonds. The molecule has 182 valence electrons. The van der Waals surface area contributed by atoms with Crippen molar-refractivity contribution in [1.29, 1.82) is 0 Å². The van der Waals surface area contributed by atoms with E-state index < -0.39 is 27.9 Å². The lowest BCUT2D eigenvalue weighted by atomic mass is 10.1. The van der Waals surface area contributed by atoms with Gasteiger partial charge in [-0.25, -0.2) is 4.79 Å². The lowest BCUT2D eigenvalue weighted by Gasteiger charge is -2.26. The van der Waals surface area contributed by atoms with Crippen molar-refractivity contribution in [3.8, 4) is 5.75 Å². The number of aryl methyl sites for hydroxylation is 1. The monoisotopic (exact) mass is 477 g/mol. The van der Waals surface area contributed by atoms with Crippen LogP contribution in [0.5, 0.6) is 5.75 Å². The SMILES string of the molecule is CCCCCc1ccc(S(=O)(=O)Oc2ccc(C(O)CN(C)C(=O)OC(C)(C)C)cc2)cc1. The highest BCUT2D eigenvalue weighted by atomic mass is 32.2. The number of likely N-dealkylation sites (N-methyl/N-ethyl adjacent to an activating group) is 1.